The van der Waals surface area contributed by atoms with Crippen molar-refractivity contribution in [1.82, 2.24) is 10.2 Å². The maximum absolute atomic E-state index is 13.3. The van der Waals surface area contributed by atoms with Crippen LogP contribution >= 0.6 is 35.6 Å². The van der Waals surface area contributed by atoms with E-state index in [0.29, 0.717) is 15.6 Å². The van der Waals surface area contributed by atoms with Crippen LogP contribution in [0.3, 0.4) is 0 Å². The van der Waals surface area contributed by atoms with Gasteiger partial charge in [-0.3, -0.25) is 4.79 Å². The Morgan fingerprint density at radius 1 is 1.00 bits per heavy atom. The lowest BCUT2D eigenvalue weighted by Crippen LogP contribution is -2.47. The molecular weight excluding hydrogens is 453 g/mol. The molecule has 1 amide bonds. The van der Waals surface area contributed by atoms with Crippen molar-refractivity contribution in [2.24, 2.45) is 0 Å². The van der Waals surface area contributed by atoms with Crippen LogP contribution in [0.25, 0.3) is 0 Å². The molecule has 2 aliphatic heterocycles. The summed E-state index contributed by atoms with van der Waals surface area (Å²) in [7, 11) is 2.14. The van der Waals surface area contributed by atoms with Gasteiger partial charge in [-0.25, -0.2) is 0 Å². The van der Waals surface area contributed by atoms with Gasteiger partial charge in [0, 0.05) is 24.7 Å². The van der Waals surface area contributed by atoms with Crippen molar-refractivity contribution < 1.29 is 4.79 Å². The van der Waals surface area contributed by atoms with Gasteiger partial charge in [0.15, 0.2) is 0 Å². The number of halogens is 3. The van der Waals surface area contributed by atoms with E-state index in [0.717, 1.165) is 50.1 Å². The lowest BCUT2D eigenvalue weighted by Gasteiger charge is -2.38. The molecule has 0 bridgehead atoms. The summed E-state index contributed by atoms with van der Waals surface area (Å²) in [5.41, 5.74) is 2.47. The van der Waals surface area contributed by atoms with Crippen LogP contribution in [0.1, 0.15) is 54.1 Å². The van der Waals surface area contributed by atoms with Crippen molar-refractivity contribution >= 4 is 47.2 Å². The molecular formula is C24H30Cl3N3O. The third-order valence-electron chi connectivity index (χ3n) is 6.36. The van der Waals surface area contributed by atoms with E-state index in [1.807, 2.05) is 18.2 Å². The lowest BCUT2D eigenvalue weighted by atomic mass is 9.91. The Balaban J connectivity index is 0.00000272. The van der Waals surface area contributed by atoms with Gasteiger partial charge in [0.1, 0.15) is 0 Å². The molecule has 2 aromatic rings. The number of hydrogen-bond acceptors (Lipinski definition) is 3. The highest BCUT2D eigenvalue weighted by molar-refractivity contribution is 6.39. The fraction of sp³-hybridized carbons (Fsp3) is 0.458. The average molecular weight is 483 g/mol. The number of carbonyl (C=O) groups is 1. The van der Waals surface area contributed by atoms with E-state index in [4.69, 9.17) is 23.2 Å². The largest absolute Gasteiger partial charge is 0.369 e. The zero-order valence-corrected chi connectivity index (χ0v) is 20.1. The van der Waals surface area contributed by atoms with Crippen molar-refractivity contribution in [2.45, 2.75) is 44.2 Å². The van der Waals surface area contributed by atoms with Crippen LogP contribution in [0.2, 0.25) is 10.0 Å². The number of piperidine rings is 1. The molecule has 2 aliphatic rings. The highest BCUT2D eigenvalue weighted by Gasteiger charge is 2.30. The summed E-state index contributed by atoms with van der Waals surface area (Å²) in [6.45, 7) is 2.95. The molecule has 1 N–H and O–H groups in total. The third-order valence-corrected chi connectivity index (χ3v) is 6.93. The number of benzene rings is 2. The van der Waals surface area contributed by atoms with Crippen molar-refractivity contribution in [3.05, 3.63) is 63.6 Å². The van der Waals surface area contributed by atoms with Gasteiger partial charge >= 0.3 is 0 Å². The lowest BCUT2D eigenvalue weighted by molar-refractivity contribution is 0.0871. The summed E-state index contributed by atoms with van der Waals surface area (Å²) in [5.74, 6) is -0.139. The van der Waals surface area contributed by atoms with Gasteiger partial charge in [0.2, 0.25) is 0 Å². The van der Waals surface area contributed by atoms with Crippen molar-refractivity contribution in [3.8, 4) is 0 Å². The Bertz CT molecular complexity index is 864. The highest BCUT2D eigenvalue weighted by Crippen LogP contribution is 2.37. The van der Waals surface area contributed by atoms with Gasteiger partial charge in [-0.2, -0.15) is 0 Å². The zero-order chi connectivity index (χ0) is 21.1. The first kappa shape index (κ1) is 24.2. The molecule has 0 aliphatic carbocycles. The predicted molar refractivity (Wildman–Crippen MR) is 132 cm³/mol. The second kappa shape index (κ2) is 10.9. The number of nitrogens with zero attached hydrogens (tertiary/aromatic N) is 2. The number of anilines is 1. The van der Waals surface area contributed by atoms with Crippen LogP contribution in [0.5, 0.6) is 0 Å². The molecule has 0 radical (unpaired) electrons. The summed E-state index contributed by atoms with van der Waals surface area (Å²) in [4.78, 5) is 17.8. The molecule has 0 spiro atoms. The summed E-state index contributed by atoms with van der Waals surface area (Å²) in [6.07, 6.45) is 5.72. The fourth-order valence-electron chi connectivity index (χ4n) is 4.75. The highest BCUT2D eigenvalue weighted by atomic mass is 35.5. The van der Waals surface area contributed by atoms with Crippen LogP contribution in [0.15, 0.2) is 42.5 Å². The molecule has 2 unspecified atom stereocenters. The van der Waals surface area contributed by atoms with E-state index < -0.39 is 0 Å². The molecule has 4 nitrogen and oxygen atoms in total. The van der Waals surface area contributed by atoms with Crippen molar-refractivity contribution in [2.75, 3.05) is 31.6 Å². The molecule has 2 fully saturated rings. The third kappa shape index (κ3) is 5.48. The van der Waals surface area contributed by atoms with E-state index in [9.17, 15) is 4.79 Å². The number of nitrogens with one attached hydrogen (secondary N) is 1. The zero-order valence-electron chi connectivity index (χ0n) is 17.8. The van der Waals surface area contributed by atoms with E-state index in [1.54, 1.807) is 12.1 Å². The van der Waals surface area contributed by atoms with E-state index in [-0.39, 0.29) is 30.4 Å². The van der Waals surface area contributed by atoms with E-state index in [2.05, 4.69) is 34.3 Å². The minimum Gasteiger partial charge on any atom is -0.369 e. The van der Waals surface area contributed by atoms with Crippen LogP contribution in [-0.2, 0) is 0 Å². The SMILES string of the molecule is CN1CCCCC1C(NC(=O)c1cc(Cl)c(N2CCCC2)c(Cl)c1)c1ccccc1.Cl. The second-order valence-electron chi connectivity index (χ2n) is 8.39. The van der Waals surface area contributed by atoms with Crippen LogP contribution in [-0.4, -0.2) is 43.5 Å². The first-order chi connectivity index (χ1) is 14.5. The second-order valence-corrected chi connectivity index (χ2v) is 9.20. The summed E-state index contributed by atoms with van der Waals surface area (Å²) in [6, 6.07) is 13.9. The van der Waals surface area contributed by atoms with Gasteiger partial charge in [0.25, 0.3) is 5.91 Å². The molecule has 4 rings (SSSR count). The van der Waals surface area contributed by atoms with Gasteiger partial charge in [-0.1, -0.05) is 60.0 Å². The monoisotopic (exact) mass is 481 g/mol. The normalized spacial score (nSPS) is 20.2. The minimum atomic E-state index is -0.139. The Labute approximate surface area is 201 Å². The predicted octanol–water partition coefficient (Wildman–Crippen LogP) is 5.97. The number of likely N-dealkylation sites (tertiary alicyclic amines) is 1. The minimum absolute atomic E-state index is 0. The molecule has 2 aromatic carbocycles. The van der Waals surface area contributed by atoms with Gasteiger partial charge in [-0.05, 0) is 57.0 Å². The Hall–Kier alpha value is -1.46. The topological polar surface area (TPSA) is 35.6 Å². The first-order valence-corrected chi connectivity index (χ1v) is 11.6. The number of likely N-dealkylation sites (N-methyl/N-ethyl adjacent to an activating group) is 1. The van der Waals surface area contributed by atoms with Crippen LogP contribution in [0, 0.1) is 0 Å². The van der Waals surface area contributed by atoms with Gasteiger partial charge < -0.3 is 15.1 Å². The number of amides is 1. The summed E-state index contributed by atoms with van der Waals surface area (Å²) < 4.78 is 0. The van der Waals surface area contributed by atoms with Gasteiger partial charge in [0.05, 0.1) is 21.8 Å². The van der Waals surface area contributed by atoms with Crippen molar-refractivity contribution in [3.63, 3.8) is 0 Å². The average Bonchev–Trinajstić information content (AvgIpc) is 3.27. The van der Waals surface area contributed by atoms with E-state index in [1.165, 1.54) is 12.8 Å². The fourth-order valence-corrected chi connectivity index (χ4v) is 5.47. The molecule has 7 heteroatoms. The summed E-state index contributed by atoms with van der Waals surface area (Å²) >= 11 is 13.1. The molecule has 31 heavy (non-hydrogen) atoms. The Morgan fingerprint density at radius 3 is 2.23 bits per heavy atom. The molecule has 0 saturated carbocycles. The smallest absolute Gasteiger partial charge is 0.251 e. The Kier molecular flexibility index (Phi) is 8.51. The van der Waals surface area contributed by atoms with Gasteiger partial charge in [-0.15, -0.1) is 12.4 Å². The number of rotatable bonds is 5. The van der Waals surface area contributed by atoms with E-state index >= 15 is 0 Å². The first-order valence-electron chi connectivity index (χ1n) is 10.8. The molecule has 168 valence electrons. The Morgan fingerprint density at radius 2 is 1.61 bits per heavy atom. The molecule has 0 aromatic heterocycles. The van der Waals surface area contributed by atoms with Crippen molar-refractivity contribution in [1.29, 1.82) is 0 Å². The maximum Gasteiger partial charge on any atom is 0.251 e. The standard InChI is InChI=1S/C24H29Cl2N3O.ClH/c1-28-12-6-5-11-21(28)22(17-9-3-2-4-10-17)27-24(30)18-15-19(25)23(20(26)16-18)29-13-7-8-14-29;/h2-4,9-10,15-16,21-22H,5-8,11-14H2,1H3,(H,27,30);1H. The summed E-state index contributed by atoms with van der Waals surface area (Å²) in [5, 5.41) is 4.37. The number of carbonyl (C=O) groups excluding carboxylic acids is 1. The maximum atomic E-state index is 13.3. The molecule has 2 atom stereocenters. The van der Waals surface area contributed by atoms with Crippen LogP contribution in [0.4, 0.5) is 5.69 Å². The van der Waals surface area contributed by atoms with Crippen LogP contribution < -0.4 is 10.2 Å². The molecule has 2 heterocycles. The quantitative estimate of drug-likeness (QED) is 0.570. The number of hydrogen-bond donors (Lipinski definition) is 1. The molecule has 2 saturated heterocycles.